The summed E-state index contributed by atoms with van der Waals surface area (Å²) in [5.74, 6) is 0.521. The molecule has 2 aromatic rings. The summed E-state index contributed by atoms with van der Waals surface area (Å²) in [5, 5.41) is 0. The van der Waals surface area contributed by atoms with E-state index in [-0.39, 0.29) is 11.7 Å². The summed E-state index contributed by atoms with van der Waals surface area (Å²) in [4.78, 5) is 16.7. The molecule has 0 aliphatic carbocycles. The van der Waals surface area contributed by atoms with E-state index in [1.807, 2.05) is 4.90 Å². The average molecular weight is 399 g/mol. The average Bonchev–Trinajstić information content (AvgIpc) is 3.39. The summed E-state index contributed by atoms with van der Waals surface area (Å²) < 4.78 is 18.5. The van der Waals surface area contributed by atoms with E-state index in [2.05, 4.69) is 18.9 Å². The first-order chi connectivity index (χ1) is 14.0. The second kappa shape index (κ2) is 10.4. The first-order valence-electron chi connectivity index (χ1n) is 10.5. The number of rotatable bonds is 4. The van der Waals surface area contributed by atoms with Crippen LogP contribution in [0.3, 0.4) is 0 Å². The van der Waals surface area contributed by atoms with Gasteiger partial charge in [-0.25, -0.2) is 4.39 Å². The van der Waals surface area contributed by atoms with Crippen molar-refractivity contribution in [1.82, 2.24) is 9.80 Å². The number of likely N-dealkylation sites (tertiary alicyclic amines) is 2. The van der Waals surface area contributed by atoms with Crippen molar-refractivity contribution in [2.24, 2.45) is 0 Å². The minimum absolute atomic E-state index is 0.0834. The van der Waals surface area contributed by atoms with E-state index in [0.717, 1.165) is 24.9 Å². The number of amides is 1. The van der Waals surface area contributed by atoms with Crippen LogP contribution in [0.25, 0.3) is 0 Å². The highest BCUT2D eigenvalue weighted by atomic mass is 19.1. The lowest BCUT2D eigenvalue weighted by molar-refractivity contribution is 0.0747. The second-order valence-corrected chi connectivity index (χ2v) is 7.94. The van der Waals surface area contributed by atoms with Gasteiger partial charge in [0.05, 0.1) is 0 Å². The molecule has 0 N–H and O–H groups in total. The van der Waals surface area contributed by atoms with Gasteiger partial charge in [0.1, 0.15) is 18.2 Å². The van der Waals surface area contributed by atoms with Gasteiger partial charge < -0.3 is 14.5 Å². The van der Waals surface area contributed by atoms with E-state index < -0.39 is 0 Å². The predicted molar refractivity (Wildman–Crippen MR) is 114 cm³/mol. The molecule has 4 nitrogen and oxygen atoms in total. The fraction of sp³-hybridized carbons (Fsp3) is 0.458. The predicted octanol–water partition coefficient (Wildman–Crippen LogP) is 4.74. The van der Waals surface area contributed by atoms with E-state index >= 15 is 0 Å². The highest BCUT2D eigenvalue weighted by molar-refractivity contribution is 5.94. The number of benzene rings is 2. The Morgan fingerprint density at radius 1 is 1.00 bits per heavy atom. The van der Waals surface area contributed by atoms with E-state index in [1.165, 1.54) is 38.1 Å². The molecular formula is C24H31FN2O2. The zero-order valence-electron chi connectivity index (χ0n) is 17.4. The molecule has 4 rings (SSSR count). The van der Waals surface area contributed by atoms with Crippen LogP contribution in [0.4, 0.5) is 4.39 Å². The van der Waals surface area contributed by atoms with Gasteiger partial charge in [0.25, 0.3) is 5.91 Å². The minimum Gasteiger partial charge on any atom is -0.489 e. The van der Waals surface area contributed by atoms with Crippen LogP contribution >= 0.6 is 0 Å². The molecule has 0 aromatic heterocycles. The summed E-state index contributed by atoms with van der Waals surface area (Å²) >= 11 is 0. The Kier molecular flexibility index (Phi) is 7.64. The zero-order valence-corrected chi connectivity index (χ0v) is 17.4. The molecule has 2 aliphatic rings. The quantitative estimate of drug-likeness (QED) is 0.746. The summed E-state index contributed by atoms with van der Waals surface area (Å²) in [6.45, 7) is 5.94. The number of hydrogen-bond donors (Lipinski definition) is 0. The maximum atomic E-state index is 12.8. The monoisotopic (exact) mass is 398 g/mol. The first-order valence-corrected chi connectivity index (χ1v) is 10.5. The highest BCUT2D eigenvalue weighted by Crippen LogP contribution is 2.21. The second-order valence-electron chi connectivity index (χ2n) is 7.94. The normalized spacial score (nSPS) is 19.0. The molecule has 5 heteroatoms. The Hall–Kier alpha value is -2.40. The molecule has 2 aromatic carbocycles. The van der Waals surface area contributed by atoms with Gasteiger partial charge in [-0.2, -0.15) is 0 Å². The third-order valence-electron chi connectivity index (χ3n) is 5.56. The van der Waals surface area contributed by atoms with Gasteiger partial charge in [0, 0.05) is 18.2 Å². The fourth-order valence-electron chi connectivity index (χ4n) is 3.72. The van der Waals surface area contributed by atoms with Crippen molar-refractivity contribution in [2.45, 2.75) is 45.3 Å². The minimum atomic E-state index is -0.257. The third kappa shape index (κ3) is 6.29. The molecular weight excluding hydrogens is 367 g/mol. The number of halogens is 1. The first kappa shape index (κ1) is 21.3. The van der Waals surface area contributed by atoms with Crippen molar-refractivity contribution in [3.05, 3.63) is 65.5 Å². The molecule has 156 valence electrons. The van der Waals surface area contributed by atoms with Crippen molar-refractivity contribution in [3.8, 4) is 5.75 Å². The molecule has 2 heterocycles. The van der Waals surface area contributed by atoms with Crippen molar-refractivity contribution in [1.29, 1.82) is 0 Å². The standard InChI is InChI=1S/C19H20FNO2.C5H11N/c1-14-3-2-12-21(14)19(22)16-6-10-18(11-7-16)23-13-15-4-8-17(20)9-5-15;1-6-4-2-3-5-6/h4-11,14H,2-3,12-13H2,1H3;2-5H2,1H3. The van der Waals surface area contributed by atoms with Gasteiger partial charge in [-0.05, 0) is 94.7 Å². The van der Waals surface area contributed by atoms with E-state index in [0.29, 0.717) is 24.0 Å². The third-order valence-corrected chi connectivity index (χ3v) is 5.56. The Bertz CT molecular complexity index is 770. The van der Waals surface area contributed by atoms with Gasteiger partial charge in [-0.3, -0.25) is 4.79 Å². The van der Waals surface area contributed by atoms with Crippen LogP contribution in [0, 0.1) is 5.82 Å². The molecule has 0 spiro atoms. The molecule has 1 atom stereocenters. The van der Waals surface area contributed by atoms with E-state index in [9.17, 15) is 9.18 Å². The van der Waals surface area contributed by atoms with Crippen LogP contribution in [0.5, 0.6) is 5.75 Å². The van der Waals surface area contributed by atoms with Crippen molar-refractivity contribution >= 4 is 5.91 Å². The van der Waals surface area contributed by atoms with Crippen LogP contribution in [0.2, 0.25) is 0 Å². The van der Waals surface area contributed by atoms with Crippen molar-refractivity contribution in [2.75, 3.05) is 26.7 Å². The van der Waals surface area contributed by atoms with Gasteiger partial charge >= 0.3 is 0 Å². The summed E-state index contributed by atoms with van der Waals surface area (Å²) in [6, 6.07) is 13.7. The Balaban J connectivity index is 0.000000343. The molecule has 0 saturated carbocycles. The smallest absolute Gasteiger partial charge is 0.254 e. The molecule has 2 fully saturated rings. The molecule has 2 saturated heterocycles. The van der Waals surface area contributed by atoms with Gasteiger partial charge in [-0.15, -0.1) is 0 Å². The lowest BCUT2D eigenvalue weighted by Gasteiger charge is -2.21. The van der Waals surface area contributed by atoms with Crippen LogP contribution in [0.1, 0.15) is 48.5 Å². The summed E-state index contributed by atoms with van der Waals surface area (Å²) in [7, 11) is 2.17. The summed E-state index contributed by atoms with van der Waals surface area (Å²) in [5.41, 5.74) is 1.59. The van der Waals surface area contributed by atoms with Crippen molar-refractivity contribution in [3.63, 3.8) is 0 Å². The maximum Gasteiger partial charge on any atom is 0.254 e. The fourth-order valence-corrected chi connectivity index (χ4v) is 3.72. The molecule has 2 aliphatic heterocycles. The lowest BCUT2D eigenvalue weighted by atomic mass is 10.1. The number of nitrogens with zero attached hydrogens (tertiary/aromatic N) is 2. The van der Waals surface area contributed by atoms with Gasteiger partial charge in [0.15, 0.2) is 0 Å². The topological polar surface area (TPSA) is 32.8 Å². The largest absolute Gasteiger partial charge is 0.489 e. The van der Waals surface area contributed by atoms with Gasteiger partial charge in [-0.1, -0.05) is 12.1 Å². The number of carbonyl (C=O) groups excluding carboxylic acids is 1. The molecule has 1 unspecified atom stereocenters. The van der Waals surface area contributed by atoms with Crippen LogP contribution in [-0.4, -0.2) is 48.4 Å². The van der Waals surface area contributed by atoms with Gasteiger partial charge in [0.2, 0.25) is 0 Å². The molecule has 0 bridgehead atoms. The van der Waals surface area contributed by atoms with Crippen LogP contribution < -0.4 is 4.74 Å². The summed E-state index contributed by atoms with van der Waals surface area (Å²) in [6.07, 6.45) is 4.98. The Morgan fingerprint density at radius 3 is 2.17 bits per heavy atom. The number of ether oxygens (including phenoxy) is 1. The molecule has 1 amide bonds. The Morgan fingerprint density at radius 2 is 1.66 bits per heavy atom. The lowest BCUT2D eigenvalue weighted by Crippen LogP contribution is -2.33. The van der Waals surface area contributed by atoms with Crippen LogP contribution in [0.15, 0.2) is 48.5 Å². The van der Waals surface area contributed by atoms with E-state index in [1.54, 1.807) is 36.4 Å². The van der Waals surface area contributed by atoms with Crippen molar-refractivity contribution < 1.29 is 13.9 Å². The molecule has 29 heavy (non-hydrogen) atoms. The molecule has 0 radical (unpaired) electrons. The maximum absolute atomic E-state index is 12.8. The number of carbonyl (C=O) groups is 1. The van der Waals surface area contributed by atoms with Crippen LogP contribution in [-0.2, 0) is 6.61 Å². The SMILES string of the molecule is CC1CCCN1C(=O)c1ccc(OCc2ccc(F)cc2)cc1.CN1CCCC1. The highest BCUT2D eigenvalue weighted by Gasteiger charge is 2.25. The zero-order chi connectivity index (χ0) is 20.6. The Labute approximate surface area is 173 Å². The number of hydrogen-bond acceptors (Lipinski definition) is 3. The van der Waals surface area contributed by atoms with E-state index in [4.69, 9.17) is 4.74 Å².